The van der Waals surface area contributed by atoms with E-state index in [2.05, 4.69) is 5.32 Å². The monoisotopic (exact) mass is 536 g/mol. The highest BCUT2D eigenvalue weighted by molar-refractivity contribution is 5.98. The van der Waals surface area contributed by atoms with Gasteiger partial charge in [0.05, 0.1) is 12.3 Å². The zero-order valence-corrected chi connectivity index (χ0v) is 21.1. The number of halogens is 2. The van der Waals surface area contributed by atoms with E-state index in [0.717, 1.165) is 30.4 Å². The van der Waals surface area contributed by atoms with Crippen LogP contribution in [0.2, 0.25) is 0 Å². The van der Waals surface area contributed by atoms with Gasteiger partial charge in [-0.25, -0.2) is 0 Å². The number of rotatable bonds is 10. The number of amidine groups is 1. The number of benzene rings is 2. The SMILES string of the molecule is Cl.Cl.N=C(N)c1ccc2cc(CC(C(=O)O)c3ccc(O[C@H]4CCNC4)cc3)n(CCC(=O)O)c2c1. The van der Waals surface area contributed by atoms with E-state index < -0.39 is 17.9 Å². The van der Waals surface area contributed by atoms with Crippen LogP contribution in [0.1, 0.15) is 35.6 Å². The lowest BCUT2D eigenvalue weighted by atomic mass is 9.94. The third kappa shape index (κ3) is 6.69. The predicted octanol–water partition coefficient (Wildman–Crippen LogP) is 3.40. The molecule has 194 valence electrons. The van der Waals surface area contributed by atoms with Crippen molar-refractivity contribution in [2.24, 2.45) is 5.73 Å². The molecule has 1 unspecified atom stereocenters. The Balaban J connectivity index is 0.00000228. The molecule has 0 radical (unpaired) electrons. The molecule has 11 heteroatoms. The van der Waals surface area contributed by atoms with E-state index in [-0.39, 0.29) is 56.1 Å². The molecule has 9 nitrogen and oxygen atoms in total. The minimum atomic E-state index is -0.965. The first-order valence-electron chi connectivity index (χ1n) is 11.2. The summed E-state index contributed by atoms with van der Waals surface area (Å²) in [6.45, 7) is 1.91. The Bertz CT molecular complexity index is 1220. The lowest BCUT2D eigenvalue weighted by molar-refractivity contribution is -0.139. The molecule has 0 amide bonds. The summed E-state index contributed by atoms with van der Waals surface area (Å²) in [5.41, 5.74) is 8.23. The van der Waals surface area contributed by atoms with Gasteiger partial charge in [-0.2, -0.15) is 0 Å². The lowest BCUT2D eigenvalue weighted by Crippen LogP contribution is -2.20. The van der Waals surface area contributed by atoms with E-state index in [9.17, 15) is 19.8 Å². The number of carboxylic acids is 2. The lowest BCUT2D eigenvalue weighted by Gasteiger charge is -2.17. The molecule has 2 aromatic carbocycles. The van der Waals surface area contributed by atoms with Gasteiger partial charge in [0.2, 0.25) is 0 Å². The molecule has 0 bridgehead atoms. The molecule has 4 rings (SSSR count). The third-order valence-corrected chi connectivity index (χ3v) is 6.16. The summed E-state index contributed by atoms with van der Waals surface area (Å²) < 4.78 is 7.75. The highest BCUT2D eigenvalue weighted by Gasteiger charge is 2.24. The van der Waals surface area contributed by atoms with Crippen molar-refractivity contribution in [1.29, 1.82) is 5.41 Å². The second-order valence-electron chi connectivity index (χ2n) is 8.51. The van der Waals surface area contributed by atoms with Gasteiger partial charge >= 0.3 is 11.9 Å². The number of carbonyl (C=O) groups is 2. The number of ether oxygens (including phenoxy) is 1. The van der Waals surface area contributed by atoms with Crippen LogP contribution in [0.15, 0.2) is 48.5 Å². The maximum absolute atomic E-state index is 12.2. The normalized spacial score (nSPS) is 15.5. The molecule has 1 aromatic heterocycles. The number of nitrogen functional groups attached to an aromatic ring is 1. The zero-order valence-electron chi connectivity index (χ0n) is 19.5. The molecule has 0 aliphatic carbocycles. The van der Waals surface area contributed by atoms with E-state index in [1.54, 1.807) is 36.4 Å². The van der Waals surface area contributed by atoms with Crippen LogP contribution >= 0.6 is 24.8 Å². The van der Waals surface area contributed by atoms with Crippen LogP contribution in [0.25, 0.3) is 10.9 Å². The number of aliphatic carboxylic acids is 2. The second kappa shape index (κ2) is 12.6. The van der Waals surface area contributed by atoms with Crippen LogP contribution in [0, 0.1) is 5.41 Å². The summed E-state index contributed by atoms with van der Waals surface area (Å²) in [5.74, 6) is -2.11. The molecular weight excluding hydrogens is 507 g/mol. The minimum absolute atomic E-state index is 0. The third-order valence-electron chi connectivity index (χ3n) is 6.16. The molecule has 6 N–H and O–H groups in total. The quantitative estimate of drug-likeness (QED) is 0.196. The van der Waals surface area contributed by atoms with E-state index in [4.69, 9.17) is 15.9 Å². The Morgan fingerprint density at radius 1 is 1.14 bits per heavy atom. The van der Waals surface area contributed by atoms with Crippen molar-refractivity contribution in [2.45, 2.75) is 37.8 Å². The van der Waals surface area contributed by atoms with E-state index in [1.807, 2.05) is 16.7 Å². The Hall–Kier alpha value is -3.27. The molecule has 2 heterocycles. The molecule has 2 atom stereocenters. The van der Waals surface area contributed by atoms with Crippen molar-refractivity contribution in [2.75, 3.05) is 13.1 Å². The van der Waals surface area contributed by atoms with Crippen LogP contribution in [-0.2, 0) is 22.6 Å². The van der Waals surface area contributed by atoms with Crippen LogP contribution in [0.5, 0.6) is 5.75 Å². The largest absolute Gasteiger partial charge is 0.489 e. The van der Waals surface area contributed by atoms with Crippen molar-refractivity contribution in [3.63, 3.8) is 0 Å². The maximum atomic E-state index is 12.2. The predicted molar refractivity (Wildman–Crippen MR) is 142 cm³/mol. The number of nitrogens with one attached hydrogen (secondary N) is 2. The van der Waals surface area contributed by atoms with E-state index >= 15 is 0 Å². The van der Waals surface area contributed by atoms with Crippen molar-refractivity contribution < 1.29 is 24.5 Å². The van der Waals surface area contributed by atoms with Gasteiger partial charge in [-0.15, -0.1) is 24.8 Å². The van der Waals surface area contributed by atoms with Crippen molar-refractivity contribution >= 4 is 53.5 Å². The van der Waals surface area contributed by atoms with Gasteiger partial charge in [-0.3, -0.25) is 15.0 Å². The number of hydrogen-bond acceptors (Lipinski definition) is 5. The van der Waals surface area contributed by atoms with E-state index in [1.165, 1.54) is 0 Å². The fourth-order valence-corrected chi connectivity index (χ4v) is 4.38. The second-order valence-corrected chi connectivity index (χ2v) is 8.51. The van der Waals surface area contributed by atoms with E-state index in [0.29, 0.717) is 22.6 Å². The number of nitrogens with two attached hydrogens (primary N) is 1. The van der Waals surface area contributed by atoms with Crippen LogP contribution in [0.4, 0.5) is 0 Å². The molecule has 1 fully saturated rings. The average Bonchev–Trinajstić information content (AvgIpc) is 3.43. The number of carboxylic acid groups (broad SMARTS) is 2. The fourth-order valence-electron chi connectivity index (χ4n) is 4.38. The summed E-state index contributed by atoms with van der Waals surface area (Å²) >= 11 is 0. The van der Waals surface area contributed by atoms with Gasteiger partial charge in [0.25, 0.3) is 0 Å². The number of aromatic nitrogens is 1. The number of hydrogen-bond donors (Lipinski definition) is 5. The van der Waals surface area contributed by atoms with Gasteiger partial charge in [0.1, 0.15) is 17.7 Å². The number of fused-ring (bicyclic) bond motifs is 1. The fraction of sp³-hybridized carbons (Fsp3) is 0.320. The van der Waals surface area contributed by atoms with Gasteiger partial charge < -0.3 is 30.6 Å². The molecule has 1 aliphatic heterocycles. The Morgan fingerprint density at radius 3 is 2.44 bits per heavy atom. The topological polar surface area (TPSA) is 151 Å². The summed E-state index contributed by atoms with van der Waals surface area (Å²) in [6.07, 6.45) is 1.13. The Labute approximate surface area is 221 Å². The van der Waals surface area contributed by atoms with Crippen molar-refractivity contribution in [3.8, 4) is 5.75 Å². The zero-order chi connectivity index (χ0) is 24.2. The van der Waals surface area contributed by atoms with Crippen LogP contribution in [-0.4, -0.2) is 51.7 Å². The molecular formula is C25H30Cl2N4O5. The summed E-state index contributed by atoms with van der Waals surface area (Å²) in [6, 6.07) is 14.3. The molecule has 36 heavy (non-hydrogen) atoms. The van der Waals surface area contributed by atoms with Gasteiger partial charge in [0.15, 0.2) is 0 Å². The molecule has 1 aliphatic rings. The maximum Gasteiger partial charge on any atom is 0.311 e. The Morgan fingerprint density at radius 2 is 1.86 bits per heavy atom. The smallest absolute Gasteiger partial charge is 0.311 e. The van der Waals surface area contributed by atoms with Crippen LogP contribution in [0.3, 0.4) is 0 Å². The molecule has 0 spiro atoms. The Kier molecular flexibility index (Phi) is 10.2. The molecule has 0 saturated carbocycles. The number of aryl methyl sites for hydroxylation is 1. The van der Waals surface area contributed by atoms with Crippen molar-refractivity contribution in [3.05, 3.63) is 65.4 Å². The van der Waals surface area contributed by atoms with Gasteiger partial charge in [-0.05, 0) is 48.2 Å². The molecule has 3 aromatic rings. The first-order valence-corrected chi connectivity index (χ1v) is 11.2. The molecule has 1 saturated heterocycles. The first-order chi connectivity index (χ1) is 16.3. The summed E-state index contributed by atoms with van der Waals surface area (Å²) in [5, 5.41) is 31.0. The summed E-state index contributed by atoms with van der Waals surface area (Å²) in [7, 11) is 0. The van der Waals surface area contributed by atoms with Crippen molar-refractivity contribution in [1.82, 2.24) is 9.88 Å². The van der Waals surface area contributed by atoms with Gasteiger partial charge in [-0.1, -0.05) is 24.3 Å². The minimum Gasteiger partial charge on any atom is -0.489 e. The number of nitrogens with zero attached hydrogens (tertiary/aromatic N) is 1. The first kappa shape index (κ1) is 29.0. The summed E-state index contributed by atoms with van der Waals surface area (Å²) in [4.78, 5) is 23.5. The average molecular weight is 537 g/mol. The van der Waals surface area contributed by atoms with Gasteiger partial charge in [0, 0.05) is 36.3 Å². The highest BCUT2D eigenvalue weighted by atomic mass is 35.5. The highest BCUT2D eigenvalue weighted by Crippen LogP contribution is 2.29. The van der Waals surface area contributed by atoms with Crippen LogP contribution < -0.4 is 15.8 Å². The standard InChI is InChI=1S/C25H28N4O5.2ClH/c26-24(27)17-2-1-16-11-18(29(22(16)12-17)10-8-23(30)31)13-21(25(32)33)15-3-5-19(6-4-15)34-20-7-9-28-14-20;;/h1-6,11-12,20-21,28H,7-10,13-14H2,(H3,26,27)(H,30,31)(H,32,33);2*1H/t20-,21?;;/m0../s1.